The molecule has 246 valence electrons. The van der Waals surface area contributed by atoms with E-state index in [1.807, 2.05) is 6.92 Å². The maximum atomic E-state index is 12.8. The number of carboxylic acids is 2. The summed E-state index contributed by atoms with van der Waals surface area (Å²) in [5.74, 6) is -1.65. The monoisotopic (exact) mass is 651 g/mol. The van der Waals surface area contributed by atoms with E-state index in [1.54, 1.807) is 5.57 Å². The average molecular weight is 652 g/mol. The number of aliphatic carboxylic acids is 2. The van der Waals surface area contributed by atoms with Crippen LogP contribution in [0.5, 0.6) is 0 Å². The van der Waals surface area contributed by atoms with Crippen LogP contribution in [0.1, 0.15) is 126 Å². The Morgan fingerprint density at radius 3 is 2.22 bits per heavy atom. The van der Waals surface area contributed by atoms with Crippen molar-refractivity contribution < 1.29 is 85.8 Å². The number of rotatable bonds is 7. The first-order valence-electron chi connectivity index (χ1n) is 16.9. The number of fused-ring (bicyclic) bond motifs is 7. The van der Waals surface area contributed by atoms with Gasteiger partial charge >= 0.3 is 69.3 Å². The molecule has 1 unspecified atom stereocenters. The van der Waals surface area contributed by atoms with Crippen molar-refractivity contribution in [2.75, 3.05) is 6.54 Å². The van der Waals surface area contributed by atoms with Crippen LogP contribution in [-0.2, 0) is 19.1 Å². The molecule has 0 amide bonds. The van der Waals surface area contributed by atoms with Crippen molar-refractivity contribution in [3.63, 3.8) is 0 Å². The summed E-state index contributed by atoms with van der Waals surface area (Å²) < 4.78 is 6.04. The first kappa shape index (κ1) is 37.1. The summed E-state index contributed by atoms with van der Waals surface area (Å²) >= 11 is 0. The number of aliphatic imine (C=N–C) groups is 1. The molecule has 4 fully saturated rings. The molecule has 0 saturated heterocycles. The van der Waals surface area contributed by atoms with Crippen LogP contribution in [0.3, 0.4) is 0 Å². The molecule has 9 atom stereocenters. The molecular formula is C36H54KNO7. The molecule has 9 heteroatoms. The molecule has 0 spiro atoms. The molecule has 5 rings (SSSR count). The van der Waals surface area contributed by atoms with Crippen molar-refractivity contribution in [1.29, 1.82) is 0 Å². The number of hydrogen-bond acceptors (Lipinski definition) is 6. The molecule has 0 aromatic rings. The number of allylic oxidation sites excluding steroid dienone is 2. The molecule has 0 bridgehead atoms. The molecule has 8 nitrogen and oxygen atoms in total. The molecule has 0 aromatic heterocycles. The van der Waals surface area contributed by atoms with Crippen LogP contribution in [0.25, 0.3) is 0 Å². The van der Waals surface area contributed by atoms with Crippen molar-refractivity contribution in [3.05, 3.63) is 11.6 Å². The topological polar surface area (TPSA) is 136 Å². The number of carbonyl (C=O) groups excluding carboxylic acids is 1. The minimum absolute atomic E-state index is 0. The van der Waals surface area contributed by atoms with Gasteiger partial charge in [-0.1, -0.05) is 53.2 Å². The number of ether oxygens (including phenoxy) is 1. The molecule has 0 radical (unpaired) electrons. The molecule has 4 saturated carbocycles. The van der Waals surface area contributed by atoms with Gasteiger partial charge in [0, 0.05) is 11.8 Å². The van der Waals surface area contributed by atoms with Gasteiger partial charge < -0.3 is 20.1 Å². The van der Waals surface area contributed by atoms with Crippen LogP contribution in [0.2, 0.25) is 0 Å². The fourth-order valence-electron chi connectivity index (χ4n) is 11.4. The summed E-state index contributed by atoms with van der Waals surface area (Å²) in [4.78, 5) is 39.3. The van der Waals surface area contributed by atoms with E-state index in [2.05, 4.69) is 52.6 Å². The molecule has 0 aromatic carbocycles. The Labute approximate surface area is 312 Å². The third-order valence-electron chi connectivity index (χ3n) is 14.5. The Morgan fingerprint density at radius 2 is 1.58 bits per heavy atom. The predicted molar refractivity (Wildman–Crippen MR) is 166 cm³/mol. The average Bonchev–Trinajstić information content (AvgIpc) is 2.93. The third-order valence-corrected chi connectivity index (χ3v) is 14.5. The van der Waals surface area contributed by atoms with Gasteiger partial charge in [-0.05, 0) is 123 Å². The molecule has 0 heterocycles. The van der Waals surface area contributed by atoms with Gasteiger partial charge in [-0.3, -0.25) is 19.4 Å². The molecule has 5 aliphatic carbocycles. The maximum Gasteiger partial charge on any atom is 1.00 e. The normalized spacial score (nSPS) is 43.6. The Balaban J connectivity index is 0.00000461. The van der Waals surface area contributed by atoms with Crippen LogP contribution < -0.4 is 56.5 Å². The van der Waals surface area contributed by atoms with Crippen LogP contribution >= 0.6 is 0 Å². The zero-order valence-electron chi connectivity index (χ0n) is 29.0. The summed E-state index contributed by atoms with van der Waals surface area (Å²) in [6.07, 6.45) is 11.8. The van der Waals surface area contributed by atoms with Gasteiger partial charge in [0.15, 0.2) is 0 Å². The second-order valence-electron chi connectivity index (χ2n) is 17.0. The molecule has 0 aliphatic heterocycles. The predicted octanol–water partition coefficient (Wildman–Crippen LogP) is 3.41. The van der Waals surface area contributed by atoms with Crippen LogP contribution in [0.4, 0.5) is 0 Å². The Bertz CT molecular complexity index is 1280. The van der Waals surface area contributed by atoms with Gasteiger partial charge in [-0.15, -0.1) is 0 Å². The zero-order chi connectivity index (χ0) is 32.5. The fourth-order valence-corrected chi connectivity index (χ4v) is 11.4. The second kappa shape index (κ2) is 12.6. The van der Waals surface area contributed by atoms with E-state index in [-0.39, 0.29) is 97.4 Å². The first-order valence-corrected chi connectivity index (χ1v) is 16.9. The Hall–Kier alpha value is -0.744. The molecule has 2 N–H and O–H groups in total. The van der Waals surface area contributed by atoms with Crippen molar-refractivity contribution in [1.82, 2.24) is 0 Å². The summed E-state index contributed by atoms with van der Waals surface area (Å²) in [6, 6.07) is 0. The summed E-state index contributed by atoms with van der Waals surface area (Å²) in [5, 5.41) is 30.8. The van der Waals surface area contributed by atoms with Gasteiger partial charge in [-0.25, -0.2) is 0 Å². The quantitative estimate of drug-likeness (QED) is 0.142. The van der Waals surface area contributed by atoms with Crippen LogP contribution in [-0.4, -0.2) is 46.7 Å². The number of carbonyl (C=O) groups is 3. The van der Waals surface area contributed by atoms with Gasteiger partial charge in [0.2, 0.25) is 0 Å². The number of esters is 1. The Morgan fingerprint density at radius 1 is 0.911 bits per heavy atom. The fraction of sp³-hybridized carbons (Fsp3) is 0.833. The number of carboxylic acid groups (broad SMARTS) is 2. The van der Waals surface area contributed by atoms with Gasteiger partial charge in [0.25, 0.3) is 0 Å². The first-order chi connectivity index (χ1) is 20.3. The number of nitrogens with zero attached hydrogens (tertiary/aromatic N) is 1. The molecule has 5 aliphatic rings. The van der Waals surface area contributed by atoms with Crippen LogP contribution in [0, 0.1) is 50.2 Å². The van der Waals surface area contributed by atoms with Gasteiger partial charge in [0.05, 0.1) is 5.41 Å². The van der Waals surface area contributed by atoms with Crippen molar-refractivity contribution >= 4 is 23.8 Å². The Kier molecular flexibility index (Phi) is 10.4. The van der Waals surface area contributed by atoms with E-state index in [1.165, 1.54) is 0 Å². The maximum absolute atomic E-state index is 12.8. The van der Waals surface area contributed by atoms with E-state index < -0.39 is 35.8 Å². The van der Waals surface area contributed by atoms with E-state index in [0.29, 0.717) is 17.8 Å². The van der Waals surface area contributed by atoms with Crippen molar-refractivity contribution in [2.45, 2.75) is 132 Å². The summed E-state index contributed by atoms with van der Waals surface area (Å²) in [6.45, 7) is 15.8. The SMILES string of the molecule is CC1(C)C(OC(=O)CCC([O-])=NCC(=O)O)CC[C@]2(C)[C@H]3CC=C4[C@@H]5C[C@@](C)(C(=O)O)CC[C@]5(C)CC[C@@]4(C)[C@]3(C)CC[C@@H]12.[K+]. The largest absolute Gasteiger partial charge is 1.00 e. The molecule has 45 heavy (non-hydrogen) atoms. The van der Waals surface area contributed by atoms with Crippen LogP contribution in [0.15, 0.2) is 16.6 Å². The summed E-state index contributed by atoms with van der Waals surface area (Å²) in [7, 11) is 0. The molecular weight excluding hydrogens is 597 g/mol. The summed E-state index contributed by atoms with van der Waals surface area (Å²) in [5.41, 5.74) is 1.06. The van der Waals surface area contributed by atoms with E-state index in [9.17, 15) is 24.6 Å². The second-order valence-corrected chi connectivity index (χ2v) is 17.0. The number of hydrogen-bond donors (Lipinski definition) is 2. The smallest absolute Gasteiger partial charge is 0.862 e. The third kappa shape index (κ3) is 6.06. The minimum atomic E-state index is -1.17. The van der Waals surface area contributed by atoms with E-state index >= 15 is 0 Å². The minimum Gasteiger partial charge on any atom is -0.862 e. The van der Waals surface area contributed by atoms with Gasteiger partial charge in [-0.2, -0.15) is 0 Å². The van der Waals surface area contributed by atoms with E-state index in [4.69, 9.17) is 9.84 Å². The van der Waals surface area contributed by atoms with Gasteiger partial charge in [0.1, 0.15) is 12.6 Å². The zero-order valence-corrected chi connectivity index (χ0v) is 32.1. The van der Waals surface area contributed by atoms with Crippen molar-refractivity contribution in [2.24, 2.45) is 55.2 Å². The standard InChI is InChI=1S/C36H55NO7.K/c1-31(2)24-12-15-36(7)25(34(24,5)14-13-26(31)44-29(41)11-10-27(38)37-21-28(39)40)9-8-22-23-20-33(4,30(42)43)17-16-32(23,3)18-19-35(22,36)6;/h8,23-26H,9-21H2,1-7H3,(H,37,38)(H,39,40)(H,42,43);/q;+1/p-1/t23-,24-,25+,26?,32+,33-,34-,35+,36+;/m0./s1. The van der Waals surface area contributed by atoms with Crippen molar-refractivity contribution in [3.8, 4) is 0 Å². The van der Waals surface area contributed by atoms with E-state index in [0.717, 1.165) is 64.2 Å².